The minimum Gasteiger partial charge on any atom is -0.308 e. The summed E-state index contributed by atoms with van der Waals surface area (Å²) in [5.74, 6) is -0.188. The Kier molecular flexibility index (Phi) is 4.50. The van der Waals surface area contributed by atoms with E-state index in [1.807, 2.05) is 19.3 Å². The van der Waals surface area contributed by atoms with Gasteiger partial charge in [-0.25, -0.2) is 4.39 Å². The van der Waals surface area contributed by atoms with Crippen LogP contribution in [0.5, 0.6) is 0 Å². The summed E-state index contributed by atoms with van der Waals surface area (Å²) >= 11 is 1.41. The van der Waals surface area contributed by atoms with Gasteiger partial charge in [0.05, 0.1) is 16.0 Å². The van der Waals surface area contributed by atoms with Crippen LogP contribution in [0.3, 0.4) is 0 Å². The fourth-order valence-corrected chi connectivity index (χ4v) is 2.71. The van der Waals surface area contributed by atoms with Gasteiger partial charge in [-0.2, -0.15) is 5.10 Å². The molecular formula is C15H20FN3S. The van der Waals surface area contributed by atoms with Gasteiger partial charge < -0.3 is 5.32 Å². The number of hydrogen-bond acceptors (Lipinski definition) is 3. The van der Waals surface area contributed by atoms with E-state index in [1.54, 1.807) is 16.9 Å². The molecule has 0 aliphatic rings. The fourth-order valence-electron chi connectivity index (χ4n) is 1.74. The molecule has 0 spiro atoms. The summed E-state index contributed by atoms with van der Waals surface area (Å²) in [5.41, 5.74) is 0.969. The first-order valence-corrected chi connectivity index (χ1v) is 7.36. The Morgan fingerprint density at radius 1 is 1.35 bits per heavy atom. The largest absolute Gasteiger partial charge is 0.308 e. The van der Waals surface area contributed by atoms with E-state index in [9.17, 15) is 4.39 Å². The molecule has 0 atom stereocenters. The molecule has 1 aromatic heterocycles. The maximum atomic E-state index is 14.1. The predicted octanol–water partition coefficient (Wildman–Crippen LogP) is 3.60. The van der Waals surface area contributed by atoms with Crippen molar-refractivity contribution in [2.24, 2.45) is 7.05 Å². The number of hydrogen-bond donors (Lipinski definition) is 1. The predicted molar refractivity (Wildman–Crippen MR) is 80.3 cm³/mol. The molecule has 20 heavy (non-hydrogen) atoms. The topological polar surface area (TPSA) is 29.9 Å². The Bertz CT molecular complexity index is 587. The number of nitrogens with zero attached hydrogens (tertiary/aromatic N) is 2. The third-order valence-corrected chi connectivity index (χ3v) is 3.87. The quantitative estimate of drug-likeness (QED) is 0.934. The summed E-state index contributed by atoms with van der Waals surface area (Å²) in [6.45, 7) is 6.94. The maximum absolute atomic E-state index is 14.1. The van der Waals surface area contributed by atoms with Crippen LogP contribution in [0.4, 0.5) is 4.39 Å². The summed E-state index contributed by atoms with van der Waals surface area (Å²) in [4.78, 5) is 1.60. The molecule has 0 unspecified atom stereocenters. The molecule has 3 nitrogen and oxygen atoms in total. The van der Waals surface area contributed by atoms with Crippen LogP contribution in [0.1, 0.15) is 26.3 Å². The van der Waals surface area contributed by atoms with Gasteiger partial charge in [-0.3, -0.25) is 4.68 Å². The van der Waals surface area contributed by atoms with Crippen LogP contribution >= 0.6 is 11.8 Å². The Balaban J connectivity index is 2.22. The van der Waals surface area contributed by atoms with E-state index in [1.165, 1.54) is 17.8 Å². The normalized spacial score (nSPS) is 11.8. The van der Waals surface area contributed by atoms with Crippen LogP contribution in [0.25, 0.3) is 0 Å². The van der Waals surface area contributed by atoms with Crippen LogP contribution in [0.15, 0.2) is 40.4 Å². The Labute approximate surface area is 123 Å². The molecule has 1 heterocycles. The average Bonchev–Trinajstić information content (AvgIpc) is 2.75. The lowest BCUT2D eigenvalue weighted by molar-refractivity contribution is 0.421. The Hall–Kier alpha value is -1.33. The van der Waals surface area contributed by atoms with Gasteiger partial charge in [0.15, 0.2) is 0 Å². The molecule has 0 aliphatic carbocycles. The highest BCUT2D eigenvalue weighted by Crippen LogP contribution is 2.32. The number of aromatic nitrogens is 2. The minimum atomic E-state index is -0.188. The molecule has 0 aliphatic heterocycles. The zero-order chi connectivity index (χ0) is 14.8. The highest BCUT2D eigenvalue weighted by Gasteiger charge is 2.14. The van der Waals surface area contributed by atoms with Crippen LogP contribution in [-0.2, 0) is 13.6 Å². The molecule has 0 amide bonds. The lowest BCUT2D eigenvalue weighted by Crippen LogP contribution is -2.35. The van der Waals surface area contributed by atoms with Crippen molar-refractivity contribution in [3.05, 3.63) is 42.0 Å². The number of benzene rings is 1. The van der Waals surface area contributed by atoms with Gasteiger partial charge in [0.2, 0.25) is 0 Å². The van der Waals surface area contributed by atoms with Gasteiger partial charge in [0.1, 0.15) is 5.82 Å². The Morgan fingerprint density at radius 3 is 2.70 bits per heavy atom. The van der Waals surface area contributed by atoms with Crippen molar-refractivity contribution < 1.29 is 4.39 Å². The van der Waals surface area contributed by atoms with E-state index in [4.69, 9.17) is 0 Å². The number of aryl methyl sites for hydroxylation is 1. The molecule has 2 rings (SSSR count). The van der Waals surface area contributed by atoms with Crippen LogP contribution in [0.2, 0.25) is 0 Å². The van der Waals surface area contributed by atoms with E-state index >= 15 is 0 Å². The van der Waals surface area contributed by atoms with Gasteiger partial charge in [-0.1, -0.05) is 23.9 Å². The van der Waals surface area contributed by atoms with E-state index in [0.717, 1.165) is 10.5 Å². The minimum absolute atomic E-state index is 0.00254. The molecular weight excluding hydrogens is 273 g/mol. The smallest absolute Gasteiger partial charge is 0.137 e. The molecule has 5 heteroatoms. The van der Waals surface area contributed by atoms with Crippen molar-refractivity contribution in [3.8, 4) is 0 Å². The zero-order valence-corrected chi connectivity index (χ0v) is 13.1. The number of nitrogens with one attached hydrogen (secondary N) is 1. The lowest BCUT2D eigenvalue weighted by Gasteiger charge is -2.21. The lowest BCUT2D eigenvalue weighted by atomic mass is 10.1. The molecule has 108 valence electrons. The summed E-state index contributed by atoms with van der Waals surface area (Å²) in [5, 5.41) is 7.51. The molecule has 0 bridgehead atoms. The van der Waals surface area contributed by atoms with E-state index in [-0.39, 0.29) is 11.4 Å². The summed E-state index contributed by atoms with van der Waals surface area (Å²) in [7, 11) is 1.85. The van der Waals surface area contributed by atoms with Crippen molar-refractivity contribution in [3.63, 3.8) is 0 Å². The van der Waals surface area contributed by atoms with Gasteiger partial charge in [0, 0.05) is 25.3 Å². The maximum Gasteiger partial charge on any atom is 0.137 e. The SMILES string of the molecule is Cn1cc(Sc2c(F)cccc2CNC(C)(C)C)cn1. The first kappa shape index (κ1) is 15.1. The molecule has 0 saturated heterocycles. The summed E-state index contributed by atoms with van der Waals surface area (Å²) in [6.07, 6.45) is 3.64. The van der Waals surface area contributed by atoms with Crippen molar-refractivity contribution in [1.29, 1.82) is 0 Å². The fraction of sp³-hybridized carbons (Fsp3) is 0.400. The van der Waals surface area contributed by atoms with Gasteiger partial charge >= 0.3 is 0 Å². The van der Waals surface area contributed by atoms with Gasteiger partial charge in [0.25, 0.3) is 0 Å². The third kappa shape index (κ3) is 4.08. The number of halogens is 1. The number of rotatable bonds is 4. The summed E-state index contributed by atoms with van der Waals surface area (Å²) < 4.78 is 15.8. The molecule has 1 N–H and O–H groups in total. The van der Waals surface area contributed by atoms with Gasteiger partial charge in [-0.15, -0.1) is 0 Å². The second-order valence-corrected chi connectivity index (χ2v) is 6.87. The molecule has 0 saturated carbocycles. The third-order valence-electron chi connectivity index (χ3n) is 2.76. The monoisotopic (exact) mass is 293 g/mol. The standard InChI is InChI=1S/C15H20FN3S/c1-15(2,3)17-8-11-6-5-7-13(16)14(11)20-12-9-18-19(4)10-12/h5-7,9-10,17H,8H2,1-4H3. The highest BCUT2D eigenvalue weighted by molar-refractivity contribution is 7.99. The van der Waals surface area contributed by atoms with Crippen LogP contribution in [0, 0.1) is 5.82 Å². The van der Waals surface area contributed by atoms with Crippen molar-refractivity contribution >= 4 is 11.8 Å². The van der Waals surface area contributed by atoms with Crippen molar-refractivity contribution in [2.45, 2.75) is 42.6 Å². The first-order chi connectivity index (χ1) is 9.35. The van der Waals surface area contributed by atoms with E-state index in [0.29, 0.717) is 11.4 Å². The van der Waals surface area contributed by atoms with Crippen LogP contribution < -0.4 is 5.32 Å². The zero-order valence-electron chi connectivity index (χ0n) is 12.3. The van der Waals surface area contributed by atoms with Gasteiger partial charge in [-0.05, 0) is 32.4 Å². The molecule has 0 fully saturated rings. The van der Waals surface area contributed by atoms with Crippen LogP contribution in [-0.4, -0.2) is 15.3 Å². The van der Waals surface area contributed by atoms with E-state index < -0.39 is 0 Å². The second-order valence-electron chi connectivity index (χ2n) is 5.78. The van der Waals surface area contributed by atoms with Crippen molar-refractivity contribution in [1.82, 2.24) is 15.1 Å². The molecule has 1 aromatic carbocycles. The first-order valence-electron chi connectivity index (χ1n) is 6.54. The second kappa shape index (κ2) is 5.97. The summed E-state index contributed by atoms with van der Waals surface area (Å²) in [6, 6.07) is 5.21. The highest BCUT2D eigenvalue weighted by atomic mass is 32.2. The van der Waals surface area contributed by atoms with E-state index in [2.05, 4.69) is 31.2 Å². The van der Waals surface area contributed by atoms with Crippen molar-refractivity contribution in [2.75, 3.05) is 0 Å². The Morgan fingerprint density at radius 2 is 2.10 bits per heavy atom. The molecule has 2 aromatic rings. The average molecular weight is 293 g/mol. The molecule has 0 radical (unpaired) electrons.